The molecule has 134 valence electrons. The average Bonchev–Trinajstić information content (AvgIpc) is 2.52. The lowest BCUT2D eigenvalue weighted by Gasteiger charge is -2.34. The highest BCUT2D eigenvalue weighted by Gasteiger charge is 2.34. The van der Waals surface area contributed by atoms with Crippen molar-refractivity contribution >= 4 is 27.5 Å². The fourth-order valence-corrected chi connectivity index (χ4v) is 4.76. The van der Waals surface area contributed by atoms with Crippen LogP contribution in [0.25, 0.3) is 0 Å². The van der Waals surface area contributed by atoms with Gasteiger partial charge in [-0.1, -0.05) is 11.6 Å². The summed E-state index contributed by atoms with van der Waals surface area (Å²) < 4.78 is 32.9. The molecule has 24 heavy (non-hydrogen) atoms. The van der Waals surface area contributed by atoms with Crippen LogP contribution in [-0.4, -0.2) is 62.4 Å². The quantitative estimate of drug-likeness (QED) is 0.810. The highest BCUT2D eigenvalue weighted by atomic mass is 35.5. The molecule has 0 radical (unpaired) electrons. The highest BCUT2D eigenvalue weighted by Crippen LogP contribution is 2.28. The molecule has 1 aliphatic heterocycles. The van der Waals surface area contributed by atoms with Gasteiger partial charge in [-0.25, -0.2) is 8.42 Å². The van der Waals surface area contributed by atoms with Gasteiger partial charge in [-0.05, 0) is 39.0 Å². The molecule has 1 aromatic rings. The van der Waals surface area contributed by atoms with Crippen LogP contribution in [0, 0.1) is 0 Å². The fourth-order valence-electron chi connectivity index (χ4n) is 2.66. The Morgan fingerprint density at radius 1 is 1.33 bits per heavy atom. The summed E-state index contributed by atoms with van der Waals surface area (Å²) in [5, 5.41) is 0.109. The van der Waals surface area contributed by atoms with Gasteiger partial charge in [0.15, 0.2) is 0 Å². The lowest BCUT2D eigenvalue weighted by molar-refractivity contribution is -0.0440. The third kappa shape index (κ3) is 3.91. The molecule has 0 bridgehead atoms. The predicted molar refractivity (Wildman–Crippen MR) is 92.9 cm³/mol. The van der Waals surface area contributed by atoms with E-state index in [-0.39, 0.29) is 41.1 Å². The molecule has 6 nitrogen and oxygen atoms in total. The van der Waals surface area contributed by atoms with Crippen LogP contribution in [0.2, 0.25) is 5.02 Å². The molecule has 0 aromatic heterocycles. The van der Waals surface area contributed by atoms with E-state index in [0.717, 1.165) is 0 Å². The maximum Gasteiger partial charge on any atom is 0.253 e. The van der Waals surface area contributed by atoms with Crippen molar-refractivity contribution in [1.82, 2.24) is 9.21 Å². The summed E-state index contributed by atoms with van der Waals surface area (Å²) in [4.78, 5) is 13.8. The molecule has 0 N–H and O–H groups in total. The molecule has 2 rings (SSSR count). The second-order valence-corrected chi connectivity index (χ2v) is 8.36. The van der Waals surface area contributed by atoms with Gasteiger partial charge < -0.3 is 9.64 Å². The summed E-state index contributed by atoms with van der Waals surface area (Å²) in [6.07, 6.45) is -0.392. The van der Waals surface area contributed by atoms with Crippen LogP contribution in [0.5, 0.6) is 0 Å². The molecule has 1 heterocycles. The topological polar surface area (TPSA) is 66.9 Å². The van der Waals surface area contributed by atoms with Gasteiger partial charge in [-0.3, -0.25) is 4.79 Å². The summed E-state index contributed by atoms with van der Waals surface area (Å²) >= 11 is 6.13. The van der Waals surface area contributed by atoms with E-state index in [4.69, 9.17) is 16.3 Å². The first-order valence-corrected chi connectivity index (χ1v) is 9.69. The van der Waals surface area contributed by atoms with Crippen LogP contribution in [0.4, 0.5) is 0 Å². The molecule has 1 aromatic carbocycles. The van der Waals surface area contributed by atoms with Gasteiger partial charge in [0.1, 0.15) is 4.90 Å². The van der Waals surface area contributed by atoms with Crippen LogP contribution in [0.3, 0.4) is 0 Å². The number of hydrogen-bond donors (Lipinski definition) is 0. The molecule has 8 heteroatoms. The average molecular weight is 375 g/mol. The van der Waals surface area contributed by atoms with Gasteiger partial charge in [0, 0.05) is 32.2 Å². The Morgan fingerprint density at radius 2 is 1.92 bits per heavy atom. The van der Waals surface area contributed by atoms with Crippen LogP contribution in [0.15, 0.2) is 23.1 Å². The number of benzene rings is 1. The normalized spacial score (nSPS) is 22.4. The first kappa shape index (κ1) is 19.2. The Morgan fingerprint density at radius 3 is 2.46 bits per heavy atom. The summed E-state index contributed by atoms with van der Waals surface area (Å²) in [6.45, 7) is 6.56. The van der Waals surface area contributed by atoms with Crippen LogP contribution < -0.4 is 0 Å². The molecular formula is C16H23ClN2O4S. The van der Waals surface area contributed by atoms with Gasteiger partial charge in [-0.2, -0.15) is 4.31 Å². The van der Waals surface area contributed by atoms with E-state index in [0.29, 0.717) is 12.1 Å². The zero-order chi connectivity index (χ0) is 18.1. The van der Waals surface area contributed by atoms with Crippen molar-refractivity contribution in [3.63, 3.8) is 0 Å². The largest absolute Gasteiger partial charge is 0.373 e. The molecule has 2 atom stereocenters. The van der Waals surface area contributed by atoms with E-state index < -0.39 is 10.0 Å². The maximum atomic E-state index is 13.0. The molecule has 1 amide bonds. The van der Waals surface area contributed by atoms with Crippen LogP contribution in [-0.2, 0) is 14.8 Å². The molecule has 0 spiro atoms. The molecule has 1 aliphatic rings. The molecule has 1 saturated heterocycles. The Balaban J connectivity index is 2.41. The Hall–Kier alpha value is -1.15. The lowest BCUT2D eigenvalue weighted by Crippen LogP contribution is -2.48. The summed E-state index contributed by atoms with van der Waals surface area (Å²) in [6, 6.07) is 4.36. The second-order valence-electron chi connectivity index (χ2n) is 6.04. The minimum Gasteiger partial charge on any atom is -0.373 e. The minimum absolute atomic E-state index is 0.0409. The van der Waals surface area contributed by atoms with Crippen molar-refractivity contribution in [1.29, 1.82) is 0 Å². The molecule has 2 unspecified atom stereocenters. The highest BCUT2D eigenvalue weighted by molar-refractivity contribution is 7.89. The van der Waals surface area contributed by atoms with Crippen molar-refractivity contribution < 1.29 is 17.9 Å². The third-order valence-electron chi connectivity index (χ3n) is 4.00. The standard InChI is InChI=1S/C16H23ClN2O4S/c1-5-18(4)16(20)13-6-7-14(17)15(8-13)24(21,22)19-9-11(2)23-12(3)10-19/h6-8,11-12H,5,9-10H2,1-4H3. The number of amides is 1. The Bertz CT molecular complexity index is 713. The molecule has 0 saturated carbocycles. The SMILES string of the molecule is CCN(C)C(=O)c1ccc(Cl)c(S(=O)(=O)N2CC(C)OC(C)C2)c1. The number of rotatable bonds is 4. The number of morpholine rings is 1. The van der Waals surface area contributed by atoms with E-state index in [1.54, 1.807) is 13.1 Å². The van der Waals surface area contributed by atoms with Crippen LogP contribution in [0.1, 0.15) is 31.1 Å². The number of nitrogens with zero attached hydrogens (tertiary/aromatic N) is 2. The number of ether oxygens (including phenoxy) is 1. The van der Waals surface area contributed by atoms with Gasteiger partial charge in [-0.15, -0.1) is 0 Å². The zero-order valence-corrected chi connectivity index (χ0v) is 15.9. The van der Waals surface area contributed by atoms with E-state index in [9.17, 15) is 13.2 Å². The summed E-state index contributed by atoms with van der Waals surface area (Å²) in [7, 11) is -2.13. The second kappa shape index (κ2) is 7.39. The molecular weight excluding hydrogens is 352 g/mol. The number of sulfonamides is 1. The monoisotopic (exact) mass is 374 g/mol. The number of halogens is 1. The number of hydrogen-bond acceptors (Lipinski definition) is 4. The van der Waals surface area contributed by atoms with E-state index in [2.05, 4.69) is 0 Å². The number of carbonyl (C=O) groups is 1. The van der Waals surface area contributed by atoms with Crippen molar-refractivity contribution in [3.8, 4) is 0 Å². The molecule has 1 fully saturated rings. The third-order valence-corrected chi connectivity index (χ3v) is 6.32. The Kier molecular flexibility index (Phi) is 5.91. The van der Waals surface area contributed by atoms with E-state index >= 15 is 0 Å². The minimum atomic E-state index is -3.80. The van der Waals surface area contributed by atoms with Gasteiger partial charge in [0.05, 0.1) is 17.2 Å². The van der Waals surface area contributed by atoms with Crippen molar-refractivity contribution in [2.45, 2.75) is 37.9 Å². The van der Waals surface area contributed by atoms with E-state index in [1.807, 2.05) is 20.8 Å². The predicted octanol–water partition coefficient (Wildman–Crippen LogP) is 2.23. The first-order valence-electron chi connectivity index (χ1n) is 7.87. The van der Waals surface area contributed by atoms with E-state index in [1.165, 1.54) is 21.3 Å². The fraction of sp³-hybridized carbons (Fsp3) is 0.562. The summed E-state index contributed by atoms with van der Waals surface area (Å²) in [5.74, 6) is -0.241. The lowest BCUT2D eigenvalue weighted by atomic mass is 10.2. The molecule has 0 aliphatic carbocycles. The summed E-state index contributed by atoms with van der Waals surface area (Å²) in [5.41, 5.74) is 0.302. The smallest absolute Gasteiger partial charge is 0.253 e. The number of carbonyl (C=O) groups excluding carboxylic acids is 1. The van der Waals surface area contributed by atoms with Crippen molar-refractivity contribution in [2.24, 2.45) is 0 Å². The first-order chi connectivity index (χ1) is 11.2. The maximum absolute atomic E-state index is 13.0. The van der Waals surface area contributed by atoms with Crippen molar-refractivity contribution in [2.75, 3.05) is 26.7 Å². The van der Waals surface area contributed by atoms with Gasteiger partial charge in [0.25, 0.3) is 5.91 Å². The van der Waals surface area contributed by atoms with Gasteiger partial charge >= 0.3 is 0 Å². The van der Waals surface area contributed by atoms with Crippen molar-refractivity contribution in [3.05, 3.63) is 28.8 Å². The Labute approximate surface area is 148 Å². The van der Waals surface area contributed by atoms with Crippen LogP contribution >= 0.6 is 11.6 Å². The van der Waals surface area contributed by atoms with Gasteiger partial charge in [0.2, 0.25) is 10.0 Å². The zero-order valence-electron chi connectivity index (χ0n) is 14.3.